The molecule has 0 aliphatic carbocycles. The molecule has 0 spiro atoms. The molecule has 18 heavy (non-hydrogen) atoms. The van der Waals surface area contributed by atoms with E-state index in [1.165, 1.54) is 0 Å². The first kappa shape index (κ1) is 12.3. The van der Waals surface area contributed by atoms with Gasteiger partial charge in [0.1, 0.15) is 5.75 Å². The Balaban J connectivity index is 1.80. The molecule has 1 saturated heterocycles. The van der Waals surface area contributed by atoms with Crippen LogP contribution in [0.2, 0.25) is 0 Å². The number of nitrogens with zero attached hydrogens (tertiary/aromatic N) is 1. The lowest BCUT2D eigenvalue weighted by Gasteiger charge is -1.99. The molecule has 0 bridgehead atoms. The van der Waals surface area contributed by atoms with E-state index in [4.69, 9.17) is 5.11 Å². The zero-order valence-corrected chi connectivity index (χ0v) is 9.80. The first-order valence-corrected chi connectivity index (χ1v) is 5.77. The van der Waals surface area contributed by atoms with Crippen molar-refractivity contribution < 1.29 is 14.7 Å². The minimum Gasteiger partial charge on any atom is -0.508 e. The fraction of sp³-hybridized carbons (Fsp3) is 0.308. The maximum Gasteiger partial charge on any atom is 0.235 e. The normalized spacial score (nSPS) is 19.4. The number of imide groups is 1. The Labute approximate surface area is 105 Å². The summed E-state index contributed by atoms with van der Waals surface area (Å²) in [6.07, 6.45) is 2.47. The number of phenolic OH excluding ortho intramolecular Hbond substituents is 1. The molecule has 2 N–H and O–H groups in total. The van der Waals surface area contributed by atoms with Gasteiger partial charge in [-0.2, -0.15) is 0 Å². The smallest absolute Gasteiger partial charge is 0.235 e. The van der Waals surface area contributed by atoms with Crippen LogP contribution >= 0.6 is 0 Å². The predicted octanol–water partition coefficient (Wildman–Crippen LogP) is 0.668. The first-order valence-electron chi connectivity index (χ1n) is 5.77. The number of rotatable bonds is 4. The molecule has 2 amide bonds. The Bertz CT molecular complexity index is 480. The average molecular weight is 246 g/mol. The van der Waals surface area contributed by atoms with Crippen molar-refractivity contribution in [2.75, 3.05) is 6.54 Å². The van der Waals surface area contributed by atoms with Gasteiger partial charge >= 0.3 is 0 Å². The molecule has 1 aliphatic rings. The van der Waals surface area contributed by atoms with Crippen LogP contribution in [0.4, 0.5) is 0 Å². The third-order valence-electron chi connectivity index (χ3n) is 2.76. The molecule has 1 unspecified atom stereocenters. The summed E-state index contributed by atoms with van der Waals surface area (Å²) in [5.41, 5.74) is 1.07. The average Bonchev–Trinajstić information content (AvgIpc) is 2.66. The Morgan fingerprint density at radius 1 is 1.33 bits per heavy atom. The summed E-state index contributed by atoms with van der Waals surface area (Å²) >= 11 is 0. The first-order chi connectivity index (χ1) is 8.65. The van der Waals surface area contributed by atoms with Crippen LogP contribution in [-0.2, 0) is 16.0 Å². The maximum absolute atomic E-state index is 11.2. The van der Waals surface area contributed by atoms with Gasteiger partial charge in [-0.1, -0.05) is 12.1 Å². The monoisotopic (exact) mass is 246 g/mol. The van der Waals surface area contributed by atoms with Crippen molar-refractivity contribution in [3.63, 3.8) is 0 Å². The number of hydrogen-bond acceptors (Lipinski definition) is 4. The predicted molar refractivity (Wildman–Crippen MR) is 66.4 cm³/mol. The number of hydrogen-bond donors (Lipinski definition) is 2. The van der Waals surface area contributed by atoms with Crippen LogP contribution in [0.25, 0.3) is 0 Å². The van der Waals surface area contributed by atoms with Crippen LogP contribution in [0.3, 0.4) is 0 Å². The van der Waals surface area contributed by atoms with Gasteiger partial charge in [0.25, 0.3) is 0 Å². The summed E-state index contributed by atoms with van der Waals surface area (Å²) in [5, 5.41) is 11.4. The van der Waals surface area contributed by atoms with Crippen molar-refractivity contribution in [1.29, 1.82) is 0 Å². The third-order valence-corrected chi connectivity index (χ3v) is 2.76. The van der Waals surface area contributed by atoms with Gasteiger partial charge in [-0.05, 0) is 24.1 Å². The summed E-state index contributed by atoms with van der Waals surface area (Å²) in [7, 11) is 0. The van der Waals surface area contributed by atoms with E-state index in [-0.39, 0.29) is 24.0 Å². The molecular weight excluding hydrogens is 232 g/mol. The third kappa shape index (κ3) is 3.16. The number of phenols is 1. The van der Waals surface area contributed by atoms with E-state index in [9.17, 15) is 9.59 Å². The standard InChI is InChI=1S/C13H14N2O3/c16-11-3-1-9(2-4-11)5-6-14-8-10-7-12(17)15-13(10)18/h1-4,8,10,16H,5-7H2,(H,15,17,18). The Hall–Kier alpha value is -2.17. The topological polar surface area (TPSA) is 78.8 Å². The highest BCUT2D eigenvalue weighted by Gasteiger charge is 2.28. The Morgan fingerprint density at radius 2 is 2.06 bits per heavy atom. The van der Waals surface area contributed by atoms with Crippen molar-refractivity contribution >= 4 is 18.0 Å². The Morgan fingerprint density at radius 3 is 2.67 bits per heavy atom. The Kier molecular flexibility index (Phi) is 3.72. The second-order valence-electron chi connectivity index (χ2n) is 4.19. The van der Waals surface area contributed by atoms with Crippen LogP contribution < -0.4 is 5.32 Å². The van der Waals surface area contributed by atoms with E-state index in [1.54, 1.807) is 18.3 Å². The second kappa shape index (κ2) is 5.44. The maximum atomic E-state index is 11.2. The van der Waals surface area contributed by atoms with Crippen LogP contribution in [0.1, 0.15) is 12.0 Å². The molecule has 1 aromatic carbocycles. The second-order valence-corrected chi connectivity index (χ2v) is 4.19. The lowest BCUT2D eigenvalue weighted by atomic mass is 10.1. The number of aliphatic imine (C=N–C) groups is 1. The van der Waals surface area contributed by atoms with Gasteiger partial charge in [-0.25, -0.2) is 0 Å². The van der Waals surface area contributed by atoms with Crippen LogP contribution in [0.15, 0.2) is 29.3 Å². The van der Waals surface area contributed by atoms with E-state index < -0.39 is 5.92 Å². The van der Waals surface area contributed by atoms with Gasteiger partial charge < -0.3 is 5.11 Å². The summed E-state index contributed by atoms with van der Waals surface area (Å²) in [4.78, 5) is 26.3. The van der Waals surface area contributed by atoms with Crippen molar-refractivity contribution in [1.82, 2.24) is 5.32 Å². The molecule has 1 heterocycles. The van der Waals surface area contributed by atoms with Gasteiger partial charge in [-0.15, -0.1) is 0 Å². The molecule has 2 rings (SSSR count). The molecular formula is C13H14N2O3. The van der Waals surface area contributed by atoms with Crippen LogP contribution in [0, 0.1) is 5.92 Å². The molecule has 5 nitrogen and oxygen atoms in total. The van der Waals surface area contributed by atoms with Crippen LogP contribution in [-0.4, -0.2) is 29.7 Å². The molecule has 0 radical (unpaired) electrons. The minimum absolute atomic E-state index is 0.196. The fourth-order valence-electron chi connectivity index (χ4n) is 1.75. The van der Waals surface area contributed by atoms with Crippen molar-refractivity contribution in [2.24, 2.45) is 10.9 Å². The van der Waals surface area contributed by atoms with E-state index >= 15 is 0 Å². The van der Waals surface area contributed by atoms with E-state index in [1.807, 2.05) is 12.1 Å². The van der Waals surface area contributed by atoms with E-state index in [0.717, 1.165) is 12.0 Å². The highest BCUT2D eigenvalue weighted by Crippen LogP contribution is 2.10. The molecule has 1 fully saturated rings. The van der Waals surface area contributed by atoms with Crippen molar-refractivity contribution in [3.8, 4) is 5.75 Å². The molecule has 0 saturated carbocycles. The highest BCUT2D eigenvalue weighted by molar-refractivity contribution is 6.10. The van der Waals surface area contributed by atoms with Crippen LogP contribution in [0.5, 0.6) is 5.75 Å². The number of carbonyl (C=O) groups excluding carboxylic acids is 2. The van der Waals surface area contributed by atoms with E-state index in [2.05, 4.69) is 10.3 Å². The highest BCUT2D eigenvalue weighted by atomic mass is 16.3. The molecule has 94 valence electrons. The summed E-state index contributed by atoms with van der Waals surface area (Å²) in [6, 6.07) is 6.91. The number of benzene rings is 1. The summed E-state index contributed by atoms with van der Waals surface area (Å²) in [5.74, 6) is -0.691. The number of amides is 2. The quantitative estimate of drug-likeness (QED) is 0.605. The lowest BCUT2D eigenvalue weighted by molar-refractivity contribution is -0.125. The van der Waals surface area contributed by atoms with E-state index in [0.29, 0.717) is 6.54 Å². The zero-order chi connectivity index (χ0) is 13.0. The van der Waals surface area contributed by atoms with Crippen molar-refractivity contribution in [3.05, 3.63) is 29.8 Å². The van der Waals surface area contributed by atoms with Gasteiger partial charge in [-0.3, -0.25) is 19.9 Å². The lowest BCUT2D eigenvalue weighted by Crippen LogP contribution is -2.22. The van der Waals surface area contributed by atoms with Crippen molar-refractivity contribution in [2.45, 2.75) is 12.8 Å². The largest absolute Gasteiger partial charge is 0.508 e. The summed E-state index contributed by atoms with van der Waals surface area (Å²) < 4.78 is 0. The summed E-state index contributed by atoms with van der Waals surface area (Å²) in [6.45, 7) is 0.558. The minimum atomic E-state index is -0.419. The molecule has 5 heteroatoms. The van der Waals surface area contributed by atoms with Gasteiger partial charge in [0.15, 0.2) is 0 Å². The zero-order valence-electron chi connectivity index (χ0n) is 9.80. The molecule has 1 atom stereocenters. The number of carbonyl (C=O) groups is 2. The van der Waals surface area contributed by atoms with Gasteiger partial charge in [0.05, 0.1) is 5.92 Å². The molecule has 1 aliphatic heterocycles. The van der Waals surface area contributed by atoms with Gasteiger partial charge in [0, 0.05) is 19.2 Å². The molecule has 0 aromatic heterocycles. The number of aromatic hydroxyl groups is 1. The number of nitrogens with one attached hydrogen (secondary N) is 1. The molecule has 1 aromatic rings. The van der Waals surface area contributed by atoms with Gasteiger partial charge in [0.2, 0.25) is 11.8 Å². The fourth-order valence-corrected chi connectivity index (χ4v) is 1.75. The SMILES string of the molecule is O=C1CC(C=NCCc2ccc(O)cc2)C(=O)N1.